The number of benzene rings is 1. The van der Waals surface area contributed by atoms with Crippen molar-refractivity contribution in [2.45, 2.75) is 24.4 Å². The number of hydrogen-bond acceptors (Lipinski definition) is 3. The fourth-order valence-electron chi connectivity index (χ4n) is 1.34. The largest absolute Gasteiger partial charge is 0.411 e. The summed E-state index contributed by atoms with van der Waals surface area (Å²) >= 11 is 1.50. The number of carbonyl (C=O) groups excluding carboxylic acids is 1. The molecule has 0 aliphatic carbocycles. The average molecular weight is 292 g/mol. The van der Waals surface area contributed by atoms with Gasteiger partial charge in [0.1, 0.15) is 6.61 Å². The second-order valence-electron chi connectivity index (χ2n) is 3.95. The highest BCUT2D eigenvalue weighted by molar-refractivity contribution is 7.99. The number of carbonyl (C=O) groups is 1. The lowest BCUT2D eigenvalue weighted by molar-refractivity contribution is -0.173. The van der Waals surface area contributed by atoms with Crippen molar-refractivity contribution in [1.29, 1.82) is 0 Å². The first-order chi connectivity index (χ1) is 8.88. The third-order valence-electron chi connectivity index (χ3n) is 2.21. The van der Waals surface area contributed by atoms with Crippen LogP contribution in [-0.4, -0.2) is 30.9 Å². The highest BCUT2D eigenvalue weighted by atomic mass is 32.2. The maximum atomic E-state index is 11.8. The van der Waals surface area contributed by atoms with Gasteiger partial charge in [0.25, 0.3) is 0 Å². The SMILES string of the molecule is CC(=O)c1cccc(SCCCOCC(F)(F)F)c1. The third kappa shape index (κ3) is 7.22. The molecule has 0 spiro atoms. The Balaban J connectivity index is 2.23. The molecule has 0 aromatic heterocycles. The zero-order valence-corrected chi connectivity index (χ0v) is 11.3. The summed E-state index contributed by atoms with van der Waals surface area (Å²) in [5.74, 6) is 0.648. The van der Waals surface area contributed by atoms with Gasteiger partial charge >= 0.3 is 6.18 Å². The summed E-state index contributed by atoms with van der Waals surface area (Å²) in [5, 5.41) is 0. The molecule has 0 radical (unpaired) electrons. The van der Waals surface area contributed by atoms with Crippen LogP contribution in [0.4, 0.5) is 13.2 Å². The van der Waals surface area contributed by atoms with E-state index < -0.39 is 12.8 Å². The van der Waals surface area contributed by atoms with Crippen LogP contribution in [0.5, 0.6) is 0 Å². The van der Waals surface area contributed by atoms with Crippen LogP contribution in [0, 0.1) is 0 Å². The zero-order valence-electron chi connectivity index (χ0n) is 10.5. The van der Waals surface area contributed by atoms with Crippen LogP contribution in [0.1, 0.15) is 23.7 Å². The first kappa shape index (κ1) is 16.0. The lowest BCUT2D eigenvalue weighted by Gasteiger charge is -2.07. The topological polar surface area (TPSA) is 26.3 Å². The van der Waals surface area contributed by atoms with Gasteiger partial charge in [-0.15, -0.1) is 11.8 Å². The van der Waals surface area contributed by atoms with Gasteiger partial charge in [0.15, 0.2) is 5.78 Å². The Hall–Kier alpha value is -1.01. The van der Waals surface area contributed by atoms with E-state index in [0.717, 1.165) is 4.90 Å². The van der Waals surface area contributed by atoms with Crippen molar-refractivity contribution in [2.75, 3.05) is 19.0 Å². The number of alkyl halides is 3. The molecule has 1 aromatic rings. The summed E-state index contributed by atoms with van der Waals surface area (Å²) in [5.41, 5.74) is 0.637. The molecule has 19 heavy (non-hydrogen) atoms. The maximum Gasteiger partial charge on any atom is 0.411 e. The molecule has 6 heteroatoms. The quantitative estimate of drug-likeness (QED) is 0.432. The maximum absolute atomic E-state index is 11.8. The number of hydrogen-bond donors (Lipinski definition) is 0. The van der Waals surface area contributed by atoms with E-state index in [-0.39, 0.29) is 12.4 Å². The lowest BCUT2D eigenvalue weighted by Crippen LogP contribution is -2.17. The minimum atomic E-state index is -4.26. The van der Waals surface area contributed by atoms with E-state index in [0.29, 0.717) is 17.7 Å². The number of ether oxygens (including phenoxy) is 1. The summed E-state index contributed by atoms with van der Waals surface area (Å²) in [4.78, 5) is 12.1. The minimum absolute atomic E-state index is 0.00374. The summed E-state index contributed by atoms with van der Waals surface area (Å²) < 4.78 is 39.9. The van der Waals surface area contributed by atoms with Gasteiger partial charge < -0.3 is 4.74 Å². The molecule has 0 bridgehead atoms. The standard InChI is InChI=1S/C13H15F3O2S/c1-10(17)11-4-2-5-12(8-11)19-7-3-6-18-9-13(14,15)16/h2,4-5,8H,3,6-7,9H2,1H3. The molecule has 0 unspecified atom stereocenters. The van der Waals surface area contributed by atoms with Crippen LogP contribution in [0.3, 0.4) is 0 Å². The molecule has 0 saturated heterocycles. The van der Waals surface area contributed by atoms with Gasteiger partial charge in [0, 0.05) is 22.8 Å². The average Bonchev–Trinajstić information content (AvgIpc) is 2.32. The molecule has 0 fully saturated rings. The Labute approximate surface area is 114 Å². The molecule has 0 aliphatic rings. The van der Waals surface area contributed by atoms with Crippen molar-refractivity contribution in [1.82, 2.24) is 0 Å². The highest BCUT2D eigenvalue weighted by Gasteiger charge is 2.27. The van der Waals surface area contributed by atoms with Gasteiger partial charge in [-0.3, -0.25) is 4.79 Å². The summed E-state index contributed by atoms with van der Waals surface area (Å²) in [6.45, 7) is 0.380. The van der Waals surface area contributed by atoms with E-state index >= 15 is 0 Å². The molecule has 0 heterocycles. The van der Waals surface area contributed by atoms with Crippen LogP contribution in [0.15, 0.2) is 29.2 Å². The Bertz CT molecular complexity index is 419. The number of halogens is 3. The molecular weight excluding hydrogens is 277 g/mol. The second kappa shape index (κ2) is 7.55. The van der Waals surface area contributed by atoms with Crippen molar-refractivity contribution >= 4 is 17.5 Å². The monoisotopic (exact) mass is 292 g/mol. The Morgan fingerprint density at radius 2 is 2.11 bits per heavy atom. The van der Waals surface area contributed by atoms with E-state index in [4.69, 9.17) is 0 Å². The molecule has 1 rings (SSSR count). The third-order valence-corrected chi connectivity index (χ3v) is 3.29. The first-order valence-electron chi connectivity index (χ1n) is 5.77. The first-order valence-corrected chi connectivity index (χ1v) is 6.75. The van der Waals surface area contributed by atoms with Crippen molar-refractivity contribution in [2.24, 2.45) is 0 Å². The van der Waals surface area contributed by atoms with E-state index in [2.05, 4.69) is 4.74 Å². The van der Waals surface area contributed by atoms with Gasteiger partial charge in [-0.1, -0.05) is 12.1 Å². The van der Waals surface area contributed by atoms with Gasteiger partial charge in [-0.2, -0.15) is 13.2 Å². The summed E-state index contributed by atoms with van der Waals surface area (Å²) in [6, 6.07) is 7.18. The molecule has 0 aliphatic heterocycles. The van der Waals surface area contributed by atoms with Crippen LogP contribution in [0.25, 0.3) is 0 Å². The Morgan fingerprint density at radius 3 is 2.74 bits per heavy atom. The van der Waals surface area contributed by atoms with Crippen molar-refractivity contribution in [3.63, 3.8) is 0 Å². The minimum Gasteiger partial charge on any atom is -0.372 e. The second-order valence-corrected chi connectivity index (χ2v) is 5.12. The van der Waals surface area contributed by atoms with Gasteiger partial charge in [0.05, 0.1) is 0 Å². The van der Waals surface area contributed by atoms with Gasteiger partial charge in [0.2, 0.25) is 0 Å². The van der Waals surface area contributed by atoms with Crippen LogP contribution >= 0.6 is 11.8 Å². The molecule has 2 nitrogen and oxygen atoms in total. The van der Waals surface area contributed by atoms with Crippen LogP contribution in [-0.2, 0) is 4.74 Å². The number of Topliss-reactive ketones (excluding diaryl/α,β-unsaturated/α-hetero) is 1. The van der Waals surface area contributed by atoms with E-state index in [1.807, 2.05) is 6.07 Å². The zero-order chi connectivity index (χ0) is 14.3. The predicted molar refractivity (Wildman–Crippen MR) is 68.7 cm³/mol. The Kier molecular flexibility index (Phi) is 6.37. The molecule has 1 aromatic carbocycles. The number of ketones is 1. The van der Waals surface area contributed by atoms with Crippen molar-refractivity contribution in [3.05, 3.63) is 29.8 Å². The van der Waals surface area contributed by atoms with E-state index in [1.165, 1.54) is 18.7 Å². The molecule has 0 atom stereocenters. The molecule has 0 N–H and O–H groups in total. The smallest absolute Gasteiger partial charge is 0.372 e. The molecule has 0 saturated carbocycles. The van der Waals surface area contributed by atoms with Crippen LogP contribution < -0.4 is 0 Å². The van der Waals surface area contributed by atoms with E-state index in [1.54, 1.807) is 18.2 Å². The highest BCUT2D eigenvalue weighted by Crippen LogP contribution is 2.20. The van der Waals surface area contributed by atoms with Crippen molar-refractivity contribution in [3.8, 4) is 0 Å². The fraction of sp³-hybridized carbons (Fsp3) is 0.462. The lowest BCUT2D eigenvalue weighted by atomic mass is 10.2. The fourth-order valence-corrected chi connectivity index (χ4v) is 2.23. The van der Waals surface area contributed by atoms with Gasteiger partial charge in [-0.05, 0) is 25.5 Å². The number of thioether (sulfide) groups is 1. The molecule has 106 valence electrons. The summed E-state index contributed by atoms with van der Waals surface area (Å²) in [6.07, 6.45) is -3.73. The normalized spacial score (nSPS) is 11.6. The van der Waals surface area contributed by atoms with E-state index in [9.17, 15) is 18.0 Å². The van der Waals surface area contributed by atoms with Crippen molar-refractivity contribution < 1.29 is 22.7 Å². The Morgan fingerprint density at radius 1 is 1.37 bits per heavy atom. The summed E-state index contributed by atoms with van der Waals surface area (Å²) in [7, 11) is 0. The molecule has 0 amide bonds. The van der Waals surface area contributed by atoms with Crippen LogP contribution in [0.2, 0.25) is 0 Å². The number of rotatable bonds is 7. The predicted octanol–water partition coefficient (Wildman–Crippen LogP) is 3.95. The van der Waals surface area contributed by atoms with Gasteiger partial charge in [-0.25, -0.2) is 0 Å². The molecular formula is C13H15F3O2S.